The highest BCUT2D eigenvalue weighted by molar-refractivity contribution is 6.30. The van der Waals surface area contributed by atoms with Gasteiger partial charge in [-0.25, -0.2) is 0 Å². The maximum atomic E-state index is 12.8. The van der Waals surface area contributed by atoms with Crippen LogP contribution in [0.4, 0.5) is 0 Å². The Bertz CT molecular complexity index is 503. The van der Waals surface area contributed by atoms with Crippen molar-refractivity contribution in [3.63, 3.8) is 0 Å². The summed E-state index contributed by atoms with van der Waals surface area (Å²) in [5.74, 6) is 0.480. The molecular formula is C17H25ClN2O. The number of benzene rings is 1. The van der Waals surface area contributed by atoms with Gasteiger partial charge in [0.25, 0.3) is 0 Å². The van der Waals surface area contributed by atoms with Gasteiger partial charge in [-0.05, 0) is 37.0 Å². The van der Waals surface area contributed by atoms with Crippen LogP contribution >= 0.6 is 11.6 Å². The second kappa shape index (κ2) is 6.80. The van der Waals surface area contributed by atoms with E-state index in [0.29, 0.717) is 5.02 Å². The molecule has 1 aliphatic rings. The minimum absolute atomic E-state index is 0.0786. The molecule has 0 bridgehead atoms. The summed E-state index contributed by atoms with van der Waals surface area (Å²) >= 11 is 6.12. The third-order valence-corrected chi connectivity index (χ3v) is 4.38. The Balaban J connectivity index is 2.34. The number of nitrogens with one attached hydrogen (secondary N) is 1. The van der Waals surface area contributed by atoms with E-state index in [0.717, 1.165) is 18.4 Å². The molecule has 1 heterocycles. The molecule has 3 nitrogen and oxygen atoms in total. The molecule has 1 aromatic rings. The van der Waals surface area contributed by atoms with E-state index in [1.54, 1.807) is 0 Å². The minimum atomic E-state index is -0.117. The van der Waals surface area contributed by atoms with Gasteiger partial charge < -0.3 is 4.90 Å². The zero-order chi connectivity index (χ0) is 15.6. The van der Waals surface area contributed by atoms with Crippen molar-refractivity contribution in [2.24, 2.45) is 5.92 Å². The molecule has 0 radical (unpaired) electrons. The number of hydrogen-bond donors (Lipinski definition) is 1. The molecule has 0 aliphatic carbocycles. The van der Waals surface area contributed by atoms with E-state index in [1.807, 2.05) is 29.2 Å². The Morgan fingerprint density at radius 2 is 2.05 bits per heavy atom. The molecule has 0 aromatic heterocycles. The Morgan fingerprint density at radius 1 is 1.33 bits per heavy atom. The third-order valence-electron chi connectivity index (χ3n) is 4.15. The molecule has 0 saturated carbocycles. The zero-order valence-electron chi connectivity index (χ0n) is 13.3. The first-order valence-electron chi connectivity index (χ1n) is 7.79. The van der Waals surface area contributed by atoms with Crippen molar-refractivity contribution in [2.45, 2.75) is 58.8 Å². The first-order chi connectivity index (χ1) is 9.95. The molecule has 116 valence electrons. The Labute approximate surface area is 132 Å². The van der Waals surface area contributed by atoms with E-state index in [2.05, 4.69) is 33.0 Å². The van der Waals surface area contributed by atoms with Gasteiger partial charge in [0, 0.05) is 11.1 Å². The van der Waals surface area contributed by atoms with Crippen LogP contribution in [0, 0.1) is 5.92 Å². The lowest BCUT2D eigenvalue weighted by atomic mass is 10.0. The first kappa shape index (κ1) is 16.3. The molecule has 3 unspecified atom stereocenters. The quantitative estimate of drug-likeness (QED) is 0.892. The predicted octanol–water partition coefficient (Wildman–Crippen LogP) is 3.98. The second-order valence-corrected chi connectivity index (χ2v) is 6.67. The number of carbonyl (C=O) groups is 1. The van der Waals surface area contributed by atoms with E-state index in [-0.39, 0.29) is 30.1 Å². The van der Waals surface area contributed by atoms with E-state index in [4.69, 9.17) is 11.6 Å². The molecule has 1 N–H and O–H groups in total. The highest BCUT2D eigenvalue weighted by atomic mass is 35.5. The lowest BCUT2D eigenvalue weighted by molar-refractivity contribution is -0.132. The summed E-state index contributed by atoms with van der Waals surface area (Å²) in [6.45, 7) is 8.44. The molecule has 3 atom stereocenters. The van der Waals surface area contributed by atoms with Crippen LogP contribution in [0.1, 0.15) is 52.3 Å². The molecule has 1 amide bonds. The van der Waals surface area contributed by atoms with Gasteiger partial charge in [0.15, 0.2) is 0 Å². The van der Waals surface area contributed by atoms with E-state index < -0.39 is 0 Å². The van der Waals surface area contributed by atoms with Crippen molar-refractivity contribution < 1.29 is 4.79 Å². The fraction of sp³-hybridized carbons (Fsp3) is 0.588. The lowest BCUT2D eigenvalue weighted by Gasteiger charge is -2.30. The van der Waals surface area contributed by atoms with Crippen LogP contribution < -0.4 is 5.32 Å². The van der Waals surface area contributed by atoms with Crippen LogP contribution in [0.2, 0.25) is 5.02 Å². The molecule has 1 saturated heterocycles. The lowest BCUT2D eigenvalue weighted by Crippen LogP contribution is -2.39. The van der Waals surface area contributed by atoms with Crippen LogP contribution in [-0.2, 0) is 4.79 Å². The Morgan fingerprint density at radius 3 is 2.62 bits per heavy atom. The van der Waals surface area contributed by atoms with Gasteiger partial charge >= 0.3 is 0 Å². The van der Waals surface area contributed by atoms with Crippen LogP contribution in [0.5, 0.6) is 0 Å². The van der Waals surface area contributed by atoms with E-state index in [9.17, 15) is 4.79 Å². The van der Waals surface area contributed by atoms with E-state index >= 15 is 0 Å². The molecular weight excluding hydrogens is 284 g/mol. The third kappa shape index (κ3) is 3.41. The van der Waals surface area contributed by atoms with Gasteiger partial charge in [-0.1, -0.05) is 50.9 Å². The molecule has 1 aliphatic heterocycles. The summed E-state index contributed by atoms with van der Waals surface area (Å²) < 4.78 is 0. The van der Waals surface area contributed by atoms with Crippen LogP contribution in [0.3, 0.4) is 0 Å². The Kier molecular flexibility index (Phi) is 5.28. The van der Waals surface area contributed by atoms with E-state index in [1.165, 1.54) is 0 Å². The fourth-order valence-electron chi connectivity index (χ4n) is 3.05. The topological polar surface area (TPSA) is 32.3 Å². The molecule has 21 heavy (non-hydrogen) atoms. The van der Waals surface area contributed by atoms with Gasteiger partial charge in [0.05, 0.1) is 6.04 Å². The van der Waals surface area contributed by atoms with Crippen molar-refractivity contribution in [3.8, 4) is 0 Å². The fourth-order valence-corrected chi connectivity index (χ4v) is 3.25. The molecule has 2 rings (SSSR count). The largest absolute Gasteiger partial charge is 0.319 e. The second-order valence-electron chi connectivity index (χ2n) is 6.23. The highest BCUT2D eigenvalue weighted by Gasteiger charge is 2.42. The number of rotatable bonds is 5. The van der Waals surface area contributed by atoms with Gasteiger partial charge in [-0.2, -0.15) is 0 Å². The number of amides is 1. The summed E-state index contributed by atoms with van der Waals surface area (Å²) in [6, 6.07) is 7.89. The van der Waals surface area contributed by atoms with Crippen molar-refractivity contribution in [3.05, 3.63) is 34.9 Å². The average molecular weight is 309 g/mol. The normalized spacial score (nSPS) is 23.9. The number of halogens is 1. The SMILES string of the molecule is CCCC(C)N1C(=O)C(C(C)C)NC1c1cccc(Cl)c1. The summed E-state index contributed by atoms with van der Waals surface area (Å²) in [7, 11) is 0. The predicted molar refractivity (Wildman–Crippen MR) is 87.2 cm³/mol. The summed E-state index contributed by atoms with van der Waals surface area (Å²) in [5.41, 5.74) is 1.06. The van der Waals surface area contributed by atoms with Crippen molar-refractivity contribution in [1.82, 2.24) is 10.2 Å². The van der Waals surface area contributed by atoms with Crippen molar-refractivity contribution >= 4 is 17.5 Å². The van der Waals surface area contributed by atoms with Crippen LogP contribution in [0.25, 0.3) is 0 Å². The van der Waals surface area contributed by atoms with Crippen molar-refractivity contribution in [1.29, 1.82) is 0 Å². The molecule has 1 aromatic carbocycles. The minimum Gasteiger partial charge on any atom is -0.319 e. The first-order valence-corrected chi connectivity index (χ1v) is 8.17. The summed E-state index contributed by atoms with van der Waals surface area (Å²) in [6.07, 6.45) is 2.00. The van der Waals surface area contributed by atoms with Crippen LogP contribution in [0.15, 0.2) is 24.3 Å². The number of carbonyl (C=O) groups excluding carboxylic acids is 1. The zero-order valence-corrected chi connectivity index (χ0v) is 14.0. The Hall–Kier alpha value is -1.06. The monoisotopic (exact) mass is 308 g/mol. The maximum Gasteiger partial charge on any atom is 0.241 e. The maximum absolute atomic E-state index is 12.8. The summed E-state index contributed by atoms with van der Waals surface area (Å²) in [4.78, 5) is 14.8. The molecule has 1 fully saturated rings. The average Bonchev–Trinajstić information content (AvgIpc) is 2.77. The highest BCUT2D eigenvalue weighted by Crippen LogP contribution is 2.32. The van der Waals surface area contributed by atoms with Gasteiger partial charge in [-0.3, -0.25) is 10.1 Å². The van der Waals surface area contributed by atoms with Crippen molar-refractivity contribution in [2.75, 3.05) is 0 Å². The number of hydrogen-bond acceptors (Lipinski definition) is 2. The molecule has 4 heteroatoms. The van der Waals surface area contributed by atoms with Crippen LogP contribution in [-0.4, -0.2) is 22.9 Å². The van der Waals surface area contributed by atoms with Gasteiger partial charge in [0.1, 0.15) is 6.17 Å². The smallest absolute Gasteiger partial charge is 0.241 e. The molecule has 0 spiro atoms. The summed E-state index contributed by atoms with van der Waals surface area (Å²) in [5, 5.41) is 4.20. The standard InChI is InChI=1S/C17H25ClN2O/c1-5-7-12(4)20-16(13-8-6-9-14(18)10-13)19-15(11(2)3)17(20)21/h6,8-12,15-16,19H,5,7H2,1-4H3. The van der Waals surface area contributed by atoms with Gasteiger partial charge in [0.2, 0.25) is 5.91 Å². The number of nitrogens with zero attached hydrogens (tertiary/aromatic N) is 1. The van der Waals surface area contributed by atoms with Gasteiger partial charge in [-0.15, -0.1) is 0 Å².